The lowest BCUT2D eigenvalue weighted by Gasteiger charge is -2.19. The first-order valence-electron chi connectivity index (χ1n) is 9.59. The summed E-state index contributed by atoms with van der Waals surface area (Å²) in [6.45, 7) is 4.69. The number of rotatable bonds is 5. The second-order valence-electron chi connectivity index (χ2n) is 7.63. The van der Waals surface area contributed by atoms with E-state index in [1.54, 1.807) is 0 Å². The van der Waals surface area contributed by atoms with Gasteiger partial charge in [0.05, 0.1) is 5.69 Å². The fourth-order valence-corrected chi connectivity index (χ4v) is 3.87. The molecule has 1 atom stereocenters. The minimum Gasteiger partial charge on any atom is -0.378 e. The Labute approximate surface area is 156 Å². The van der Waals surface area contributed by atoms with Gasteiger partial charge in [0.25, 0.3) is 0 Å². The van der Waals surface area contributed by atoms with Gasteiger partial charge in [0, 0.05) is 51.2 Å². The first-order valence-corrected chi connectivity index (χ1v) is 9.59. The van der Waals surface area contributed by atoms with Gasteiger partial charge in [-0.15, -0.1) is 0 Å². The predicted molar refractivity (Wildman–Crippen MR) is 109 cm³/mol. The third-order valence-corrected chi connectivity index (χ3v) is 5.56. The molecule has 0 bridgehead atoms. The molecule has 1 aromatic carbocycles. The zero-order valence-corrected chi connectivity index (χ0v) is 16.0. The van der Waals surface area contributed by atoms with E-state index < -0.39 is 0 Å². The van der Waals surface area contributed by atoms with Gasteiger partial charge in [-0.3, -0.25) is 0 Å². The zero-order valence-electron chi connectivity index (χ0n) is 16.0. The van der Waals surface area contributed by atoms with E-state index >= 15 is 0 Å². The van der Waals surface area contributed by atoms with Gasteiger partial charge in [-0.1, -0.05) is 12.1 Å². The number of imidazole rings is 1. The molecule has 26 heavy (non-hydrogen) atoms. The third kappa shape index (κ3) is 3.47. The van der Waals surface area contributed by atoms with Crippen molar-refractivity contribution < 1.29 is 0 Å². The van der Waals surface area contributed by atoms with Crippen molar-refractivity contribution in [3.05, 3.63) is 54.5 Å². The maximum atomic E-state index is 4.80. The van der Waals surface area contributed by atoms with Gasteiger partial charge in [-0.2, -0.15) is 0 Å². The number of fused-ring (bicyclic) bond motifs is 1. The van der Waals surface area contributed by atoms with Gasteiger partial charge in [0.2, 0.25) is 0 Å². The molecule has 0 N–H and O–H groups in total. The molecular weight excluding hydrogens is 320 g/mol. The number of aromatic nitrogens is 2. The average Bonchev–Trinajstić information content (AvgIpc) is 3.24. The number of nitrogens with zero attached hydrogens (tertiary/aromatic N) is 4. The molecule has 1 aliphatic rings. The van der Waals surface area contributed by atoms with E-state index in [9.17, 15) is 0 Å². The SMILES string of the molecule is C[C@@H]1CCCN1CCc1cn2cc(-c3ccc(N(C)C)cc3)ccc2n1. The lowest BCUT2D eigenvalue weighted by molar-refractivity contribution is 0.271. The van der Waals surface area contributed by atoms with Crippen molar-refractivity contribution >= 4 is 11.3 Å². The third-order valence-electron chi connectivity index (χ3n) is 5.56. The summed E-state index contributed by atoms with van der Waals surface area (Å²) in [6.07, 6.45) is 8.07. The second-order valence-corrected chi connectivity index (χ2v) is 7.63. The van der Waals surface area contributed by atoms with Gasteiger partial charge in [-0.25, -0.2) is 4.98 Å². The minimum atomic E-state index is 0.726. The first-order chi connectivity index (χ1) is 12.6. The molecule has 0 amide bonds. The molecule has 1 saturated heterocycles. The van der Waals surface area contributed by atoms with E-state index in [0.29, 0.717) is 0 Å². The van der Waals surface area contributed by atoms with E-state index in [1.165, 1.54) is 41.9 Å². The van der Waals surface area contributed by atoms with Crippen molar-refractivity contribution in [2.45, 2.75) is 32.2 Å². The zero-order chi connectivity index (χ0) is 18.1. The van der Waals surface area contributed by atoms with E-state index in [0.717, 1.165) is 24.7 Å². The van der Waals surface area contributed by atoms with Crippen LogP contribution in [0, 0.1) is 0 Å². The van der Waals surface area contributed by atoms with Crippen molar-refractivity contribution in [2.24, 2.45) is 0 Å². The summed E-state index contributed by atoms with van der Waals surface area (Å²) < 4.78 is 2.16. The summed E-state index contributed by atoms with van der Waals surface area (Å²) in [5, 5.41) is 0. The lowest BCUT2D eigenvalue weighted by atomic mass is 10.1. The molecule has 136 valence electrons. The summed E-state index contributed by atoms with van der Waals surface area (Å²) in [7, 11) is 4.13. The largest absolute Gasteiger partial charge is 0.378 e. The van der Waals surface area contributed by atoms with Gasteiger partial charge in [-0.05, 0) is 61.7 Å². The highest BCUT2D eigenvalue weighted by molar-refractivity contribution is 5.67. The maximum Gasteiger partial charge on any atom is 0.137 e. The maximum absolute atomic E-state index is 4.80. The average molecular weight is 348 g/mol. The fraction of sp³-hybridized carbons (Fsp3) is 0.409. The van der Waals surface area contributed by atoms with Gasteiger partial charge >= 0.3 is 0 Å². The van der Waals surface area contributed by atoms with Crippen LogP contribution in [-0.2, 0) is 6.42 Å². The molecule has 0 unspecified atom stereocenters. The molecule has 0 spiro atoms. The molecule has 1 fully saturated rings. The first kappa shape index (κ1) is 17.1. The Morgan fingerprint density at radius 1 is 1.04 bits per heavy atom. The molecule has 4 heteroatoms. The topological polar surface area (TPSA) is 23.8 Å². The monoisotopic (exact) mass is 348 g/mol. The number of hydrogen-bond acceptors (Lipinski definition) is 3. The summed E-state index contributed by atoms with van der Waals surface area (Å²) >= 11 is 0. The Hall–Kier alpha value is -2.33. The van der Waals surface area contributed by atoms with Crippen molar-refractivity contribution in [1.29, 1.82) is 0 Å². The summed E-state index contributed by atoms with van der Waals surface area (Å²) in [6, 6.07) is 13.7. The van der Waals surface area contributed by atoms with Crippen molar-refractivity contribution in [2.75, 3.05) is 32.1 Å². The van der Waals surface area contributed by atoms with Gasteiger partial charge in [0.1, 0.15) is 5.65 Å². The Morgan fingerprint density at radius 3 is 2.50 bits per heavy atom. The van der Waals surface area contributed by atoms with E-state index in [1.807, 2.05) is 0 Å². The highest BCUT2D eigenvalue weighted by atomic mass is 15.2. The van der Waals surface area contributed by atoms with Crippen molar-refractivity contribution in [3.8, 4) is 11.1 Å². The molecule has 4 rings (SSSR count). The Morgan fingerprint density at radius 2 is 1.81 bits per heavy atom. The Bertz CT molecular complexity index is 879. The van der Waals surface area contributed by atoms with E-state index in [2.05, 4.69) is 84.0 Å². The fourth-order valence-electron chi connectivity index (χ4n) is 3.87. The van der Waals surface area contributed by atoms with Crippen LogP contribution >= 0.6 is 0 Å². The Kier molecular flexibility index (Phi) is 4.68. The summed E-state index contributed by atoms with van der Waals surface area (Å²) in [4.78, 5) is 9.51. The molecule has 3 heterocycles. The number of benzene rings is 1. The molecule has 0 aliphatic carbocycles. The molecule has 0 radical (unpaired) electrons. The molecule has 1 aliphatic heterocycles. The quantitative estimate of drug-likeness (QED) is 0.694. The Balaban J connectivity index is 1.51. The molecule has 4 nitrogen and oxygen atoms in total. The second kappa shape index (κ2) is 7.12. The van der Waals surface area contributed by atoms with Crippen LogP contribution in [0.25, 0.3) is 16.8 Å². The van der Waals surface area contributed by atoms with Crippen LogP contribution in [0.15, 0.2) is 48.8 Å². The van der Waals surface area contributed by atoms with Crippen LogP contribution in [0.3, 0.4) is 0 Å². The summed E-state index contributed by atoms with van der Waals surface area (Å²) in [5.41, 5.74) is 5.89. The summed E-state index contributed by atoms with van der Waals surface area (Å²) in [5.74, 6) is 0. The van der Waals surface area contributed by atoms with Crippen molar-refractivity contribution in [3.63, 3.8) is 0 Å². The van der Waals surface area contributed by atoms with Gasteiger partial charge < -0.3 is 14.2 Å². The normalized spacial score (nSPS) is 17.9. The van der Waals surface area contributed by atoms with Crippen LogP contribution in [0.5, 0.6) is 0 Å². The van der Waals surface area contributed by atoms with Crippen molar-refractivity contribution in [1.82, 2.24) is 14.3 Å². The van der Waals surface area contributed by atoms with Crippen LogP contribution in [0.2, 0.25) is 0 Å². The number of pyridine rings is 1. The number of hydrogen-bond donors (Lipinski definition) is 0. The molecule has 0 saturated carbocycles. The highest BCUT2D eigenvalue weighted by Crippen LogP contribution is 2.23. The molecular formula is C22H28N4. The molecule has 2 aromatic heterocycles. The van der Waals surface area contributed by atoms with Crippen LogP contribution in [0.4, 0.5) is 5.69 Å². The van der Waals surface area contributed by atoms with Crippen LogP contribution in [-0.4, -0.2) is 47.5 Å². The lowest BCUT2D eigenvalue weighted by Crippen LogP contribution is -2.29. The predicted octanol–water partition coefficient (Wildman–Crippen LogP) is 4.09. The number of likely N-dealkylation sites (tertiary alicyclic amines) is 1. The molecule has 3 aromatic rings. The van der Waals surface area contributed by atoms with Crippen LogP contribution in [0.1, 0.15) is 25.5 Å². The van der Waals surface area contributed by atoms with E-state index in [-0.39, 0.29) is 0 Å². The standard InChI is InChI=1S/C22H28N4/c1-17-5-4-13-25(17)14-12-20-16-26-15-19(8-11-22(26)23-20)18-6-9-21(10-7-18)24(2)3/h6-11,15-17H,4-5,12-14H2,1-3H3/t17-/m1/s1. The highest BCUT2D eigenvalue weighted by Gasteiger charge is 2.19. The van der Waals surface area contributed by atoms with Gasteiger partial charge in [0.15, 0.2) is 0 Å². The van der Waals surface area contributed by atoms with E-state index in [4.69, 9.17) is 4.98 Å². The van der Waals surface area contributed by atoms with Crippen LogP contribution < -0.4 is 4.90 Å². The minimum absolute atomic E-state index is 0.726. The number of anilines is 1. The smallest absolute Gasteiger partial charge is 0.137 e.